The van der Waals surface area contributed by atoms with Crippen molar-refractivity contribution in [3.05, 3.63) is 39.5 Å². The highest BCUT2D eigenvalue weighted by molar-refractivity contribution is 6.32. The highest BCUT2D eigenvalue weighted by Crippen LogP contribution is 2.27. The monoisotopic (exact) mass is 239 g/mol. The summed E-state index contributed by atoms with van der Waals surface area (Å²) < 4.78 is 0. The Balaban J connectivity index is 2.81. The van der Waals surface area contributed by atoms with E-state index in [-0.39, 0.29) is 0 Å². The SMILES string of the molecule is CCc1cc2ccc(Cl)c(C)c2nc1Cl. The van der Waals surface area contributed by atoms with Gasteiger partial charge in [-0.05, 0) is 36.6 Å². The van der Waals surface area contributed by atoms with Crippen molar-refractivity contribution in [1.82, 2.24) is 4.98 Å². The average molecular weight is 240 g/mol. The summed E-state index contributed by atoms with van der Waals surface area (Å²) in [7, 11) is 0. The van der Waals surface area contributed by atoms with Crippen molar-refractivity contribution in [3.8, 4) is 0 Å². The van der Waals surface area contributed by atoms with E-state index in [0.29, 0.717) is 5.15 Å². The molecule has 1 heterocycles. The second-order valence-electron chi connectivity index (χ2n) is 3.54. The van der Waals surface area contributed by atoms with Crippen LogP contribution in [0.4, 0.5) is 0 Å². The maximum atomic E-state index is 6.07. The van der Waals surface area contributed by atoms with Crippen molar-refractivity contribution in [1.29, 1.82) is 0 Å². The molecule has 1 aromatic heterocycles. The Morgan fingerprint density at radius 3 is 2.67 bits per heavy atom. The molecule has 0 bridgehead atoms. The van der Waals surface area contributed by atoms with E-state index in [1.165, 1.54) is 0 Å². The summed E-state index contributed by atoms with van der Waals surface area (Å²) in [4.78, 5) is 4.39. The zero-order chi connectivity index (χ0) is 11.0. The zero-order valence-electron chi connectivity index (χ0n) is 8.64. The van der Waals surface area contributed by atoms with Crippen LogP contribution in [0.15, 0.2) is 18.2 Å². The molecular formula is C12H11Cl2N. The molecule has 0 aliphatic rings. The minimum Gasteiger partial charge on any atom is -0.235 e. The normalized spacial score (nSPS) is 10.9. The molecule has 0 spiro atoms. The summed E-state index contributed by atoms with van der Waals surface area (Å²) in [5, 5.41) is 2.41. The van der Waals surface area contributed by atoms with E-state index in [1.54, 1.807) is 0 Å². The van der Waals surface area contributed by atoms with E-state index in [0.717, 1.165) is 33.5 Å². The lowest BCUT2D eigenvalue weighted by molar-refractivity contribution is 1.12. The molecule has 2 rings (SSSR count). The fourth-order valence-corrected chi connectivity index (χ4v) is 2.05. The van der Waals surface area contributed by atoms with Gasteiger partial charge in [0.05, 0.1) is 5.52 Å². The Bertz CT molecular complexity index is 521. The van der Waals surface area contributed by atoms with Crippen molar-refractivity contribution in [2.75, 3.05) is 0 Å². The summed E-state index contributed by atoms with van der Waals surface area (Å²) in [5.41, 5.74) is 2.95. The van der Waals surface area contributed by atoms with Gasteiger partial charge in [0, 0.05) is 10.4 Å². The first-order chi connectivity index (χ1) is 7.13. The summed E-state index contributed by atoms with van der Waals surface area (Å²) in [6.45, 7) is 4.02. The third-order valence-electron chi connectivity index (χ3n) is 2.58. The number of hydrogen-bond donors (Lipinski definition) is 0. The van der Waals surface area contributed by atoms with Gasteiger partial charge < -0.3 is 0 Å². The first kappa shape index (κ1) is 10.7. The lowest BCUT2D eigenvalue weighted by atomic mass is 10.1. The molecule has 1 aromatic carbocycles. The molecule has 0 saturated heterocycles. The van der Waals surface area contributed by atoms with Crippen LogP contribution in [0.2, 0.25) is 10.2 Å². The maximum Gasteiger partial charge on any atom is 0.132 e. The van der Waals surface area contributed by atoms with Crippen LogP contribution in [0.1, 0.15) is 18.1 Å². The van der Waals surface area contributed by atoms with Crippen LogP contribution in [0, 0.1) is 6.92 Å². The summed E-state index contributed by atoms with van der Waals surface area (Å²) in [6.07, 6.45) is 0.892. The first-order valence-corrected chi connectivity index (χ1v) is 5.63. The van der Waals surface area contributed by atoms with Gasteiger partial charge in [-0.1, -0.05) is 36.2 Å². The third-order valence-corrected chi connectivity index (χ3v) is 3.32. The van der Waals surface area contributed by atoms with E-state index in [2.05, 4.69) is 18.0 Å². The molecule has 0 atom stereocenters. The number of rotatable bonds is 1. The van der Waals surface area contributed by atoms with Gasteiger partial charge in [0.15, 0.2) is 0 Å². The Hall–Kier alpha value is -0.790. The van der Waals surface area contributed by atoms with Gasteiger partial charge in [-0.2, -0.15) is 0 Å². The molecule has 0 aliphatic carbocycles. The molecule has 0 saturated carbocycles. The van der Waals surface area contributed by atoms with Gasteiger partial charge in [-0.25, -0.2) is 4.98 Å². The first-order valence-electron chi connectivity index (χ1n) is 4.87. The lowest BCUT2D eigenvalue weighted by Gasteiger charge is -2.07. The van der Waals surface area contributed by atoms with Crippen molar-refractivity contribution in [2.24, 2.45) is 0 Å². The maximum absolute atomic E-state index is 6.07. The minimum absolute atomic E-state index is 0.579. The standard InChI is InChI=1S/C12H11Cl2N/c1-3-8-6-9-4-5-10(13)7(2)11(9)15-12(8)14/h4-6H,3H2,1-2H3. The molecular weight excluding hydrogens is 229 g/mol. The Kier molecular flexibility index (Phi) is 2.85. The largest absolute Gasteiger partial charge is 0.235 e. The van der Waals surface area contributed by atoms with Crippen molar-refractivity contribution < 1.29 is 0 Å². The predicted molar refractivity (Wildman–Crippen MR) is 65.9 cm³/mol. The number of hydrogen-bond acceptors (Lipinski definition) is 1. The number of aromatic nitrogens is 1. The van der Waals surface area contributed by atoms with Crippen LogP contribution in [-0.4, -0.2) is 4.98 Å². The summed E-state index contributed by atoms with van der Waals surface area (Å²) in [5.74, 6) is 0. The van der Waals surface area contributed by atoms with Crippen LogP contribution in [0.25, 0.3) is 10.9 Å². The topological polar surface area (TPSA) is 12.9 Å². The number of fused-ring (bicyclic) bond motifs is 1. The predicted octanol–water partition coefficient (Wildman–Crippen LogP) is 4.41. The second kappa shape index (κ2) is 3.99. The Morgan fingerprint density at radius 2 is 2.00 bits per heavy atom. The van der Waals surface area contributed by atoms with Crippen LogP contribution in [0.5, 0.6) is 0 Å². The molecule has 2 aromatic rings. The molecule has 3 heteroatoms. The molecule has 15 heavy (non-hydrogen) atoms. The van der Waals surface area contributed by atoms with Gasteiger partial charge in [0.2, 0.25) is 0 Å². The zero-order valence-corrected chi connectivity index (χ0v) is 10.2. The van der Waals surface area contributed by atoms with E-state index in [9.17, 15) is 0 Å². The van der Waals surface area contributed by atoms with E-state index < -0.39 is 0 Å². The van der Waals surface area contributed by atoms with Gasteiger partial charge in [0.1, 0.15) is 5.15 Å². The van der Waals surface area contributed by atoms with E-state index >= 15 is 0 Å². The summed E-state index contributed by atoms with van der Waals surface area (Å²) >= 11 is 12.1. The number of aryl methyl sites for hydroxylation is 2. The fraction of sp³-hybridized carbons (Fsp3) is 0.250. The second-order valence-corrected chi connectivity index (χ2v) is 4.30. The van der Waals surface area contributed by atoms with Gasteiger partial charge in [-0.3, -0.25) is 0 Å². The van der Waals surface area contributed by atoms with E-state index in [1.807, 2.05) is 19.1 Å². The van der Waals surface area contributed by atoms with Crippen LogP contribution in [-0.2, 0) is 6.42 Å². The van der Waals surface area contributed by atoms with Crippen LogP contribution < -0.4 is 0 Å². The van der Waals surface area contributed by atoms with Gasteiger partial charge >= 0.3 is 0 Å². The van der Waals surface area contributed by atoms with Crippen LogP contribution in [0.3, 0.4) is 0 Å². The number of halogens is 2. The summed E-state index contributed by atoms with van der Waals surface area (Å²) in [6, 6.07) is 5.95. The Labute approximate surface area is 99.0 Å². The Morgan fingerprint density at radius 1 is 1.27 bits per heavy atom. The smallest absolute Gasteiger partial charge is 0.132 e. The third kappa shape index (κ3) is 1.82. The molecule has 1 nitrogen and oxygen atoms in total. The molecule has 0 fully saturated rings. The van der Waals surface area contributed by atoms with E-state index in [4.69, 9.17) is 23.2 Å². The highest BCUT2D eigenvalue weighted by Gasteiger charge is 2.07. The number of pyridine rings is 1. The number of benzene rings is 1. The van der Waals surface area contributed by atoms with Crippen molar-refractivity contribution in [3.63, 3.8) is 0 Å². The minimum atomic E-state index is 0.579. The van der Waals surface area contributed by atoms with Crippen LogP contribution >= 0.6 is 23.2 Å². The lowest BCUT2D eigenvalue weighted by Crippen LogP contribution is -1.90. The van der Waals surface area contributed by atoms with Crippen molar-refractivity contribution >= 4 is 34.1 Å². The molecule has 0 unspecified atom stereocenters. The molecule has 78 valence electrons. The number of nitrogens with zero attached hydrogens (tertiary/aromatic N) is 1. The van der Waals surface area contributed by atoms with Crippen molar-refractivity contribution in [2.45, 2.75) is 20.3 Å². The molecule has 0 aliphatic heterocycles. The van der Waals surface area contributed by atoms with Gasteiger partial charge in [0.25, 0.3) is 0 Å². The quantitative estimate of drug-likeness (QED) is 0.672. The average Bonchev–Trinajstić information content (AvgIpc) is 2.24. The molecule has 0 N–H and O–H groups in total. The molecule has 0 amide bonds. The highest BCUT2D eigenvalue weighted by atomic mass is 35.5. The van der Waals surface area contributed by atoms with Gasteiger partial charge in [-0.15, -0.1) is 0 Å². The fourth-order valence-electron chi connectivity index (χ4n) is 1.63. The molecule has 0 radical (unpaired) electrons.